The summed E-state index contributed by atoms with van der Waals surface area (Å²) in [6, 6.07) is 7.83. The molecule has 5 heteroatoms. The van der Waals surface area contributed by atoms with Crippen molar-refractivity contribution in [3.05, 3.63) is 24.3 Å². The van der Waals surface area contributed by atoms with Crippen molar-refractivity contribution in [1.82, 2.24) is 15.0 Å². The molecule has 0 amide bonds. The van der Waals surface area contributed by atoms with Crippen LogP contribution in [-0.2, 0) is 11.3 Å². The van der Waals surface area contributed by atoms with E-state index in [1.165, 1.54) is 0 Å². The van der Waals surface area contributed by atoms with Crippen LogP contribution in [0.2, 0.25) is 0 Å². The number of hydrogen-bond acceptors (Lipinski definition) is 3. The Kier molecular flexibility index (Phi) is 3.69. The topological polar surface area (TPSA) is 68.0 Å². The number of rotatable bonds is 6. The SMILES string of the molecule is O=C(O)CCCCCn1nnc2ccccc21. The number of benzene rings is 1. The highest BCUT2D eigenvalue weighted by atomic mass is 16.4. The van der Waals surface area contributed by atoms with Gasteiger partial charge in [-0.2, -0.15) is 0 Å². The lowest BCUT2D eigenvalue weighted by Gasteiger charge is -2.01. The molecule has 2 aromatic rings. The minimum absolute atomic E-state index is 0.248. The van der Waals surface area contributed by atoms with Crippen molar-refractivity contribution in [2.45, 2.75) is 32.2 Å². The fourth-order valence-electron chi connectivity index (χ4n) is 1.80. The molecule has 0 bridgehead atoms. The number of aryl methyl sites for hydroxylation is 1. The normalized spacial score (nSPS) is 10.8. The maximum atomic E-state index is 10.3. The first-order valence-corrected chi connectivity index (χ1v) is 5.77. The summed E-state index contributed by atoms with van der Waals surface area (Å²) < 4.78 is 1.87. The first-order valence-electron chi connectivity index (χ1n) is 5.77. The fraction of sp³-hybridized carbons (Fsp3) is 0.417. The van der Waals surface area contributed by atoms with E-state index in [0.717, 1.165) is 36.8 Å². The number of fused-ring (bicyclic) bond motifs is 1. The average molecular weight is 233 g/mol. The monoisotopic (exact) mass is 233 g/mol. The highest BCUT2D eigenvalue weighted by molar-refractivity contribution is 5.73. The molecule has 0 atom stereocenters. The van der Waals surface area contributed by atoms with E-state index in [9.17, 15) is 4.79 Å². The molecule has 0 unspecified atom stereocenters. The van der Waals surface area contributed by atoms with Crippen molar-refractivity contribution in [2.75, 3.05) is 0 Å². The van der Waals surface area contributed by atoms with Gasteiger partial charge in [0.05, 0.1) is 5.52 Å². The summed E-state index contributed by atoms with van der Waals surface area (Å²) in [6.07, 6.45) is 2.81. The first kappa shape index (κ1) is 11.6. The van der Waals surface area contributed by atoms with Crippen LogP contribution >= 0.6 is 0 Å². The molecule has 0 aliphatic carbocycles. The first-order chi connectivity index (χ1) is 8.27. The lowest BCUT2D eigenvalue weighted by Crippen LogP contribution is -2.01. The molecule has 0 saturated heterocycles. The van der Waals surface area contributed by atoms with Crippen molar-refractivity contribution >= 4 is 17.0 Å². The van der Waals surface area contributed by atoms with E-state index in [2.05, 4.69) is 10.3 Å². The van der Waals surface area contributed by atoms with Crippen LogP contribution in [0.3, 0.4) is 0 Å². The number of carboxylic acids is 1. The molecular weight excluding hydrogens is 218 g/mol. The average Bonchev–Trinajstić information content (AvgIpc) is 2.72. The third-order valence-electron chi connectivity index (χ3n) is 2.68. The van der Waals surface area contributed by atoms with Crippen molar-refractivity contribution in [2.24, 2.45) is 0 Å². The molecular formula is C12H15N3O2. The number of unbranched alkanes of at least 4 members (excludes halogenated alkanes) is 2. The van der Waals surface area contributed by atoms with E-state index in [4.69, 9.17) is 5.11 Å². The fourth-order valence-corrected chi connectivity index (χ4v) is 1.80. The van der Waals surface area contributed by atoms with Gasteiger partial charge < -0.3 is 5.11 Å². The minimum atomic E-state index is -0.726. The molecule has 5 nitrogen and oxygen atoms in total. The largest absolute Gasteiger partial charge is 0.481 e. The molecule has 0 saturated carbocycles. The number of aliphatic carboxylic acids is 1. The third-order valence-corrected chi connectivity index (χ3v) is 2.68. The maximum absolute atomic E-state index is 10.3. The molecule has 2 rings (SSSR count). The number of para-hydroxylation sites is 1. The van der Waals surface area contributed by atoms with Gasteiger partial charge in [0.2, 0.25) is 0 Å². The summed E-state index contributed by atoms with van der Waals surface area (Å²) in [5, 5.41) is 16.7. The highest BCUT2D eigenvalue weighted by Gasteiger charge is 2.02. The molecule has 1 N–H and O–H groups in total. The molecule has 17 heavy (non-hydrogen) atoms. The molecule has 1 aromatic heterocycles. The lowest BCUT2D eigenvalue weighted by molar-refractivity contribution is -0.137. The Hall–Kier alpha value is -1.91. The molecule has 0 aliphatic rings. The van der Waals surface area contributed by atoms with Crippen LogP contribution in [-0.4, -0.2) is 26.1 Å². The quantitative estimate of drug-likeness (QED) is 0.775. The van der Waals surface area contributed by atoms with Gasteiger partial charge in [0.15, 0.2) is 0 Å². The lowest BCUT2D eigenvalue weighted by atomic mass is 10.2. The summed E-state index contributed by atoms with van der Waals surface area (Å²) in [4.78, 5) is 10.3. The van der Waals surface area contributed by atoms with Crippen LogP contribution in [0.25, 0.3) is 11.0 Å². The summed E-state index contributed by atoms with van der Waals surface area (Å²) in [6.45, 7) is 0.792. The Morgan fingerprint density at radius 2 is 2.06 bits per heavy atom. The summed E-state index contributed by atoms with van der Waals surface area (Å²) in [7, 11) is 0. The third kappa shape index (κ3) is 3.03. The minimum Gasteiger partial charge on any atom is -0.481 e. The van der Waals surface area contributed by atoms with Gasteiger partial charge in [-0.15, -0.1) is 5.10 Å². The van der Waals surface area contributed by atoms with Gasteiger partial charge in [-0.05, 0) is 25.0 Å². The van der Waals surface area contributed by atoms with E-state index in [1.54, 1.807) is 0 Å². The highest BCUT2D eigenvalue weighted by Crippen LogP contribution is 2.11. The zero-order valence-corrected chi connectivity index (χ0v) is 9.54. The van der Waals surface area contributed by atoms with Crippen molar-refractivity contribution in [3.63, 3.8) is 0 Å². The number of carboxylic acid groups (broad SMARTS) is 1. The predicted octanol–water partition coefficient (Wildman–Crippen LogP) is 2.08. The molecule has 1 aromatic carbocycles. The van der Waals surface area contributed by atoms with E-state index in [-0.39, 0.29) is 6.42 Å². The Morgan fingerprint density at radius 1 is 1.24 bits per heavy atom. The van der Waals surface area contributed by atoms with Gasteiger partial charge in [-0.1, -0.05) is 23.8 Å². The molecule has 0 fully saturated rings. The Labute approximate surface area is 99.1 Å². The summed E-state index contributed by atoms with van der Waals surface area (Å²) >= 11 is 0. The standard InChI is InChI=1S/C12H15N3O2/c16-12(17)8-2-1-5-9-15-11-7-4-3-6-10(11)13-14-15/h3-4,6-7H,1-2,5,8-9H2,(H,16,17). The van der Waals surface area contributed by atoms with Crippen molar-refractivity contribution < 1.29 is 9.90 Å². The molecule has 0 spiro atoms. The van der Waals surface area contributed by atoms with Crippen LogP contribution in [0.15, 0.2) is 24.3 Å². The molecule has 0 aliphatic heterocycles. The van der Waals surface area contributed by atoms with Gasteiger partial charge in [0, 0.05) is 13.0 Å². The zero-order valence-electron chi connectivity index (χ0n) is 9.54. The molecule has 0 radical (unpaired) electrons. The van der Waals surface area contributed by atoms with Gasteiger partial charge >= 0.3 is 5.97 Å². The van der Waals surface area contributed by atoms with Gasteiger partial charge in [0.25, 0.3) is 0 Å². The number of hydrogen-bond donors (Lipinski definition) is 1. The predicted molar refractivity (Wildman–Crippen MR) is 63.6 cm³/mol. The smallest absolute Gasteiger partial charge is 0.303 e. The summed E-state index contributed by atoms with van der Waals surface area (Å²) in [5.74, 6) is -0.726. The zero-order chi connectivity index (χ0) is 12.1. The second-order valence-corrected chi connectivity index (χ2v) is 4.01. The Bertz CT molecular complexity index is 507. The van der Waals surface area contributed by atoms with Crippen LogP contribution in [0, 0.1) is 0 Å². The van der Waals surface area contributed by atoms with E-state index < -0.39 is 5.97 Å². The van der Waals surface area contributed by atoms with Gasteiger partial charge in [0.1, 0.15) is 5.52 Å². The van der Waals surface area contributed by atoms with Crippen molar-refractivity contribution in [3.8, 4) is 0 Å². The van der Waals surface area contributed by atoms with Crippen LogP contribution < -0.4 is 0 Å². The number of carbonyl (C=O) groups is 1. The number of nitrogens with zero attached hydrogens (tertiary/aromatic N) is 3. The Morgan fingerprint density at radius 3 is 2.88 bits per heavy atom. The van der Waals surface area contributed by atoms with Crippen molar-refractivity contribution in [1.29, 1.82) is 0 Å². The van der Waals surface area contributed by atoms with Gasteiger partial charge in [-0.25, -0.2) is 4.68 Å². The summed E-state index contributed by atoms with van der Waals surface area (Å²) in [5.41, 5.74) is 1.93. The second-order valence-electron chi connectivity index (χ2n) is 4.01. The van der Waals surface area contributed by atoms with E-state index in [1.807, 2.05) is 28.9 Å². The number of aromatic nitrogens is 3. The second kappa shape index (κ2) is 5.43. The maximum Gasteiger partial charge on any atom is 0.303 e. The van der Waals surface area contributed by atoms with Crippen LogP contribution in [0.5, 0.6) is 0 Å². The van der Waals surface area contributed by atoms with Crippen LogP contribution in [0.1, 0.15) is 25.7 Å². The van der Waals surface area contributed by atoms with E-state index >= 15 is 0 Å². The Balaban J connectivity index is 1.85. The molecule has 1 heterocycles. The molecule has 90 valence electrons. The van der Waals surface area contributed by atoms with E-state index in [0.29, 0.717) is 0 Å². The van der Waals surface area contributed by atoms with Gasteiger partial charge in [-0.3, -0.25) is 4.79 Å². The van der Waals surface area contributed by atoms with Crippen LogP contribution in [0.4, 0.5) is 0 Å².